The largest absolute Gasteiger partial charge is 0.379 e. The van der Waals surface area contributed by atoms with Gasteiger partial charge in [0.25, 0.3) is 5.91 Å². The predicted molar refractivity (Wildman–Crippen MR) is 154 cm³/mol. The Bertz CT molecular complexity index is 1430. The normalized spacial score (nSPS) is 23.3. The highest BCUT2D eigenvalue weighted by atomic mass is 32.1. The van der Waals surface area contributed by atoms with Gasteiger partial charge in [-0.3, -0.25) is 15.0 Å². The van der Waals surface area contributed by atoms with Crippen molar-refractivity contribution in [2.24, 2.45) is 10.2 Å². The maximum Gasteiger partial charge on any atom is 0.333 e. The number of likely N-dealkylation sites (tertiary alicyclic amines) is 2. The topological polar surface area (TPSA) is 119 Å². The lowest BCUT2D eigenvalue weighted by Gasteiger charge is -2.36. The third-order valence-corrected chi connectivity index (χ3v) is 9.72. The highest BCUT2D eigenvalue weighted by molar-refractivity contribution is 7.15. The summed E-state index contributed by atoms with van der Waals surface area (Å²) in [5.74, 6) is -0.158. The standard InChI is InChI=1S/C29H33N7O4S/c37-27-23-19(4-3-5-20(23)30-29(39)33-36-14-16-40-17-15-36)25-24(27)26(32-31-25)21-6-7-22(41-21)28(38)35-12-8-18(9-13-35)34-10-1-2-11-34/h3-7,18,25H,1-2,8-17H2,(H2,30,33,39). The van der Waals surface area contributed by atoms with Crippen molar-refractivity contribution in [1.29, 1.82) is 0 Å². The fourth-order valence-corrected chi connectivity index (χ4v) is 7.50. The Morgan fingerprint density at radius 1 is 0.976 bits per heavy atom. The molecular formula is C29H33N7O4S. The van der Waals surface area contributed by atoms with Crippen molar-refractivity contribution >= 4 is 40.4 Å². The monoisotopic (exact) mass is 575 g/mol. The zero-order valence-electron chi connectivity index (χ0n) is 22.8. The lowest BCUT2D eigenvalue weighted by molar-refractivity contribution is 0.0207. The number of carbonyl (C=O) groups is 3. The van der Waals surface area contributed by atoms with Gasteiger partial charge in [-0.1, -0.05) is 12.1 Å². The van der Waals surface area contributed by atoms with Crippen LogP contribution in [0.15, 0.2) is 46.1 Å². The number of morpholine rings is 1. The molecule has 0 radical (unpaired) electrons. The summed E-state index contributed by atoms with van der Waals surface area (Å²) in [5.41, 5.74) is 5.42. The molecule has 1 unspecified atom stereocenters. The van der Waals surface area contributed by atoms with Crippen molar-refractivity contribution in [3.05, 3.63) is 56.8 Å². The van der Waals surface area contributed by atoms with Gasteiger partial charge in [0.15, 0.2) is 5.78 Å². The van der Waals surface area contributed by atoms with E-state index < -0.39 is 12.1 Å². The zero-order chi connectivity index (χ0) is 27.9. The van der Waals surface area contributed by atoms with E-state index in [9.17, 15) is 14.4 Å². The van der Waals surface area contributed by atoms with Gasteiger partial charge in [-0.25, -0.2) is 9.80 Å². The van der Waals surface area contributed by atoms with Gasteiger partial charge in [-0.05, 0) is 62.5 Å². The molecule has 3 amide bonds. The summed E-state index contributed by atoms with van der Waals surface area (Å²) in [6.45, 7) is 6.20. The summed E-state index contributed by atoms with van der Waals surface area (Å²) in [6.07, 6.45) is 4.59. The van der Waals surface area contributed by atoms with E-state index in [0.717, 1.165) is 36.4 Å². The lowest BCUT2D eigenvalue weighted by Crippen LogP contribution is -2.49. The molecule has 214 valence electrons. The number of hydrogen-bond donors (Lipinski definition) is 2. The first-order valence-corrected chi connectivity index (χ1v) is 15.2. The number of nitrogens with one attached hydrogen (secondary N) is 2. The number of rotatable bonds is 5. The first-order valence-electron chi connectivity index (χ1n) is 14.4. The average Bonchev–Trinajstić information content (AvgIpc) is 3.80. The Hall–Kier alpha value is -3.45. The third-order valence-electron chi connectivity index (χ3n) is 8.64. The summed E-state index contributed by atoms with van der Waals surface area (Å²) in [6, 6.07) is 8.75. The zero-order valence-corrected chi connectivity index (χ0v) is 23.6. The van der Waals surface area contributed by atoms with Crippen LogP contribution < -0.4 is 10.7 Å². The summed E-state index contributed by atoms with van der Waals surface area (Å²) >= 11 is 1.36. The predicted octanol–water partition coefficient (Wildman–Crippen LogP) is 3.93. The van der Waals surface area contributed by atoms with E-state index in [1.807, 2.05) is 29.2 Å². The SMILES string of the molecule is O=C(Nc1cccc2c1C(=O)C1=C(c3ccc(C(=O)N4CCC(N5CCCC5)CC4)s3)N=NC12)NN1CCOCC1. The van der Waals surface area contributed by atoms with Crippen molar-refractivity contribution in [2.45, 2.75) is 37.8 Å². The van der Waals surface area contributed by atoms with E-state index in [1.165, 1.54) is 37.3 Å². The fourth-order valence-electron chi connectivity index (χ4n) is 6.52. The quantitative estimate of drug-likeness (QED) is 0.558. The fraction of sp³-hybridized carbons (Fsp3) is 0.483. The number of benzene rings is 1. The molecule has 3 saturated heterocycles. The molecule has 12 heteroatoms. The second-order valence-electron chi connectivity index (χ2n) is 11.1. The van der Waals surface area contributed by atoms with E-state index >= 15 is 0 Å². The molecule has 0 saturated carbocycles. The number of fused-ring (bicyclic) bond motifs is 3. The minimum atomic E-state index is -0.512. The van der Waals surface area contributed by atoms with Gasteiger partial charge >= 0.3 is 6.03 Å². The number of azo groups is 1. The Labute approximate surface area is 242 Å². The number of nitrogens with zero attached hydrogens (tertiary/aromatic N) is 5. The number of piperidine rings is 1. The number of ether oxygens (including phenoxy) is 1. The maximum atomic E-state index is 13.7. The first-order chi connectivity index (χ1) is 20.1. The first kappa shape index (κ1) is 26.4. The van der Waals surface area contributed by atoms with Crippen LogP contribution in [-0.4, -0.2) is 91.1 Å². The summed E-state index contributed by atoms with van der Waals surface area (Å²) < 4.78 is 5.33. The second kappa shape index (κ2) is 11.1. The molecule has 41 heavy (non-hydrogen) atoms. The van der Waals surface area contributed by atoms with E-state index in [-0.39, 0.29) is 11.7 Å². The molecule has 11 nitrogen and oxygen atoms in total. The van der Waals surface area contributed by atoms with Gasteiger partial charge in [0.1, 0.15) is 11.7 Å². The third kappa shape index (κ3) is 4.99. The van der Waals surface area contributed by atoms with E-state index in [2.05, 4.69) is 25.9 Å². The average molecular weight is 576 g/mol. The number of ketones is 1. The van der Waals surface area contributed by atoms with Crippen LogP contribution in [0.2, 0.25) is 0 Å². The van der Waals surface area contributed by atoms with Crippen LogP contribution in [0.5, 0.6) is 0 Å². The maximum absolute atomic E-state index is 13.7. The van der Waals surface area contributed by atoms with Gasteiger partial charge in [-0.15, -0.1) is 11.3 Å². The van der Waals surface area contributed by atoms with Crippen molar-refractivity contribution in [1.82, 2.24) is 20.2 Å². The number of anilines is 1. The molecule has 3 fully saturated rings. The van der Waals surface area contributed by atoms with Crippen molar-refractivity contribution in [3.8, 4) is 0 Å². The molecule has 1 aliphatic carbocycles. The van der Waals surface area contributed by atoms with E-state index in [1.54, 1.807) is 11.1 Å². The van der Waals surface area contributed by atoms with Crippen LogP contribution in [0.4, 0.5) is 10.5 Å². The summed E-state index contributed by atoms with van der Waals surface area (Å²) in [4.78, 5) is 45.7. The van der Waals surface area contributed by atoms with Crippen LogP contribution in [0.3, 0.4) is 0 Å². The van der Waals surface area contributed by atoms with Crippen LogP contribution >= 0.6 is 11.3 Å². The molecule has 1 aromatic heterocycles. The number of amides is 3. The summed E-state index contributed by atoms with van der Waals surface area (Å²) in [7, 11) is 0. The van der Waals surface area contributed by atoms with Crippen LogP contribution in [-0.2, 0) is 4.74 Å². The Kier molecular flexibility index (Phi) is 7.15. The van der Waals surface area contributed by atoms with Gasteiger partial charge in [-0.2, -0.15) is 10.2 Å². The lowest BCUT2D eigenvalue weighted by atomic mass is 10.0. The van der Waals surface area contributed by atoms with Crippen molar-refractivity contribution < 1.29 is 19.1 Å². The number of thiophene rings is 1. The molecular weight excluding hydrogens is 542 g/mol. The van der Waals surface area contributed by atoms with E-state index in [4.69, 9.17) is 4.74 Å². The summed E-state index contributed by atoms with van der Waals surface area (Å²) in [5, 5.41) is 13.5. The van der Waals surface area contributed by atoms with Crippen molar-refractivity contribution in [3.63, 3.8) is 0 Å². The molecule has 2 N–H and O–H groups in total. The molecule has 1 atom stereocenters. The highest BCUT2D eigenvalue weighted by Crippen LogP contribution is 2.49. The van der Waals surface area contributed by atoms with Gasteiger partial charge < -0.3 is 19.9 Å². The molecule has 5 heterocycles. The molecule has 0 bridgehead atoms. The molecule has 0 spiro atoms. The Morgan fingerprint density at radius 2 is 1.76 bits per heavy atom. The van der Waals surface area contributed by atoms with Gasteiger partial charge in [0.2, 0.25) is 0 Å². The molecule has 7 rings (SSSR count). The van der Waals surface area contributed by atoms with Gasteiger partial charge in [0.05, 0.1) is 39.8 Å². The van der Waals surface area contributed by atoms with Gasteiger partial charge in [0, 0.05) is 32.2 Å². The van der Waals surface area contributed by atoms with Crippen LogP contribution in [0.1, 0.15) is 62.2 Å². The Balaban J connectivity index is 1.06. The number of carbonyl (C=O) groups excluding carboxylic acids is 3. The highest BCUT2D eigenvalue weighted by Gasteiger charge is 2.43. The minimum Gasteiger partial charge on any atom is -0.379 e. The minimum absolute atomic E-state index is 0.0389. The smallest absolute Gasteiger partial charge is 0.333 e. The molecule has 5 aliphatic rings. The number of hydrogen-bond acceptors (Lipinski definition) is 9. The molecule has 1 aromatic carbocycles. The molecule has 2 aromatic rings. The Morgan fingerprint density at radius 3 is 2.54 bits per heavy atom. The van der Waals surface area contributed by atoms with Crippen LogP contribution in [0, 0.1) is 0 Å². The van der Waals surface area contributed by atoms with E-state index in [0.29, 0.717) is 59.7 Å². The number of hydrazine groups is 1. The number of Topliss-reactive ketones (excluding diaryl/α,β-unsaturated/α-hetero) is 1. The second-order valence-corrected chi connectivity index (χ2v) is 12.2. The van der Waals surface area contributed by atoms with Crippen molar-refractivity contribution in [2.75, 3.05) is 57.8 Å². The van der Waals surface area contributed by atoms with Crippen LogP contribution in [0.25, 0.3) is 5.70 Å². The molecule has 4 aliphatic heterocycles. The number of urea groups is 1.